The van der Waals surface area contributed by atoms with E-state index in [2.05, 4.69) is 62.6 Å². The molecule has 0 amide bonds. The quantitative estimate of drug-likeness (QED) is 0.846. The largest absolute Gasteiger partial charge is 0.395 e. The van der Waals surface area contributed by atoms with Gasteiger partial charge >= 0.3 is 0 Å². The number of hydrogen-bond acceptors (Lipinski definition) is 5. The van der Waals surface area contributed by atoms with E-state index in [1.54, 1.807) is 0 Å². The highest BCUT2D eigenvalue weighted by Gasteiger charge is 2.20. The minimum Gasteiger partial charge on any atom is -0.395 e. The second-order valence-corrected chi connectivity index (χ2v) is 7.92. The molecule has 26 heavy (non-hydrogen) atoms. The number of aliphatic hydroxyl groups is 1. The van der Waals surface area contributed by atoms with Crippen LogP contribution in [-0.4, -0.2) is 67.3 Å². The summed E-state index contributed by atoms with van der Waals surface area (Å²) in [5, 5.41) is 11.3. The van der Waals surface area contributed by atoms with Crippen LogP contribution in [0.5, 0.6) is 0 Å². The maximum Gasteiger partial charge on any atom is 0.0594 e. The molecule has 0 saturated carbocycles. The Morgan fingerprint density at radius 2 is 1.62 bits per heavy atom. The van der Waals surface area contributed by atoms with Crippen molar-refractivity contribution >= 4 is 34.9 Å². The molecule has 1 aromatic carbocycles. The molecule has 0 aliphatic carbocycles. The molecular weight excluding hydrogens is 342 g/mol. The van der Waals surface area contributed by atoms with Crippen LogP contribution < -0.4 is 4.90 Å². The van der Waals surface area contributed by atoms with Crippen LogP contribution in [0.3, 0.4) is 0 Å². The van der Waals surface area contributed by atoms with E-state index < -0.39 is 0 Å². The number of hydrogen-bond donors (Lipinski definition) is 1. The molecule has 1 N–H and O–H groups in total. The number of fused-ring (bicyclic) bond motifs is 2. The summed E-state index contributed by atoms with van der Waals surface area (Å²) in [7, 11) is 0. The minimum atomic E-state index is 0.269. The van der Waals surface area contributed by atoms with E-state index in [0.29, 0.717) is 0 Å². The third-order valence-electron chi connectivity index (χ3n) is 5.34. The van der Waals surface area contributed by atoms with E-state index in [1.165, 1.54) is 21.8 Å². The predicted octanol–water partition coefficient (Wildman–Crippen LogP) is 3.37. The normalized spacial score (nSPS) is 17.8. The van der Waals surface area contributed by atoms with Crippen LogP contribution in [0.15, 0.2) is 35.7 Å². The lowest BCUT2D eigenvalue weighted by Gasteiger charge is -2.35. The van der Waals surface area contributed by atoms with Gasteiger partial charge in [-0.05, 0) is 42.1 Å². The zero-order valence-electron chi connectivity index (χ0n) is 15.2. The summed E-state index contributed by atoms with van der Waals surface area (Å²) >= 11 is 1.81. The summed E-state index contributed by atoms with van der Waals surface area (Å²) < 4.78 is 0. The van der Waals surface area contributed by atoms with Crippen LogP contribution in [0, 0.1) is 0 Å². The zero-order chi connectivity index (χ0) is 17.8. The Hall–Kier alpha value is -1.66. The molecule has 1 saturated heterocycles. The lowest BCUT2D eigenvalue weighted by molar-refractivity contribution is 0.112. The molecule has 138 valence electrons. The van der Waals surface area contributed by atoms with Crippen LogP contribution in [0.2, 0.25) is 0 Å². The van der Waals surface area contributed by atoms with Crippen molar-refractivity contribution in [3.05, 3.63) is 46.2 Å². The number of benzene rings is 1. The van der Waals surface area contributed by atoms with Gasteiger partial charge in [0.1, 0.15) is 0 Å². The number of aliphatic hydroxyl groups excluding tert-OH is 1. The van der Waals surface area contributed by atoms with Crippen LogP contribution >= 0.6 is 11.3 Å². The van der Waals surface area contributed by atoms with Gasteiger partial charge in [-0.2, -0.15) is 0 Å². The van der Waals surface area contributed by atoms with E-state index >= 15 is 0 Å². The number of piperazine rings is 1. The number of β-amino-alcohol motifs (C(OH)–C–C–N with tert-alkyl or cyclic N) is 1. The van der Waals surface area contributed by atoms with Crippen molar-refractivity contribution in [1.29, 1.82) is 0 Å². The van der Waals surface area contributed by atoms with Crippen molar-refractivity contribution in [2.75, 3.05) is 57.3 Å². The average molecular weight is 370 g/mol. The molecule has 1 fully saturated rings. The van der Waals surface area contributed by atoms with Gasteiger partial charge in [-0.15, -0.1) is 11.3 Å². The van der Waals surface area contributed by atoms with Gasteiger partial charge < -0.3 is 14.9 Å². The van der Waals surface area contributed by atoms with Gasteiger partial charge in [-0.1, -0.05) is 24.3 Å². The van der Waals surface area contributed by atoms with Gasteiger partial charge in [0.25, 0.3) is 0 Å². The molecule has 0 bridgehead atoms. The van der Waals surface area contributed by atoms with Gasteiger partial charge in [0, 0.05) is 45.0 Å². The molecule has 4 rings (SSSR count). The molecule has 3 heterocycles. The summed E-state index contributed by atoms with van der Waals surface area (Å²) in [4.78, 5) is 8.75. The molecule has 2 aliphatic rings. The van der Waals surface area contributed by atoms with E-state index in [4.69, 9.17) is 5.11 Å². The molecule has 2 aromatic rings. The maximum atomic E-state index is 9.07. The highest BCUT2D eigenvalue weighted by Crippen LogP contribution is 2.38. The first-order valence-electron chi connectivity index (χ1n) is 9.53. The Morgan fingerprint density at radius 3 is 2.42 bits per heavy atom. The number of para-hydroxylation sites is 1. The van der Waals surface area contributed by atoms with Gasteiger partial charge in [0.05, 0.1) is 17.2 Å². The average Bonchev–Trinajstić information content (AvgIpc) is 3.08. The second-order valence-electron chi connectivity index (χ2n) is 6.97. The lowest BCUT2D eigenvalue weighted by atomic mass is 10.1. The molecule has 0 atom stereocenters. The van der Waals surface area contributed by atoms with E-state index in [9.17, 15) is 0 Å². The minimum absolute atomic E-state index is 0.269. The predicted molar refractivity (Wildman–Crippen MR) is 111 cm³/mol. The molecule has 1 aromatic heterocycles. The fourth-order valence-corrected chi connectivity index (χ4v) is 4.69. The Balaban J connectivity index is 1.39. The van der Waals surface area contributed by atoms with E-state index in [0.717, 1.165) is 52.2 Å². The Morgan fingerprint density at radius 1 is 0.846 bits per heavy atom. The number of rotatable bonds is 6. The van der Waals surface area contributed by atoms with Crippen molar-refractivity contribution in [3.8, 4) is 0 Å². The van der Waals surface area contributed by atoms with Gasteiger partial charge in [-0.3, -0.25) is 4.90 Å². The fraction of sp³-hybridized carbons (Fsp3) is 0.429. The van der Waals surface area contributed by atoms with Crippen molar-refractivity contribution < 1.29 is 5.11 Å². The molecule has 0 unspecified atom stereocenters. The van der Waals surface area contributed by atoms with Gasteiger partial charge in [0.15, 0.2) is 0 Å². The number of thiophene rings is 1. The van der Waals surface area contributed by atoms with Crippen LogP contribution in [-0.2, 0) is 0 Å². The molecule has 4 nitrogen and oxygen atoms in total. The number of nitrogens with zero attached hydrogens (tertiary/aromatic N) is 3. The molecule has 0 spiro atoms. The topological polar surface area (TPSA) is 30.0 Å². The summed E-state index contributed by atoms with van der Waals surface area (Å²) in [5.74, 6) is 0. The monoisotopic (exact) mass is 369 g/mol. The van der Waals surface area contributed by atoms with E-state index in [1.807, 2.05) is 11.3 Å². The van der Waals surface area contributed by atoms with Crippen molar-refractivity contribution in [1.82, 2.24) is 9.80 Å². The third kappa shape index (κ3) is 3.86. The number of anilines is 2. The Bertz CT molecular complexity index is 749. The summed E-state index contributed by atoms with van der Waals surface area (Å²) in [6, 6.07) is 10.9. The molecule has 0 radical (unpaired) electrons. The van der Waals surface area contributed by atoms with Crippen LogP contribution in [0.1, 0.15) is 16.9 Å². The molecule has 5 heteroatoms. The smallest absolute Gasteiger partial charge is 0.0594 e. The Labute approximate surface area is 160 Å². The maximum absolute atomic E-state index is 9.07. The first-order chi connectivity index (χ1) is 12.8. The van der Waals surface area contributed by atoms with Gasteiger partial charge in [0.2, 0.25) is 0 Å². The highest BCUT2D eigenvalue weighted by molar-refractivity contribution is 7.11. The summed E-state index contributed by atoms with van der Waals surface area (Å²) in [6.45, 7) is 7.64. The Kier molecular flexibility index (Phi) is 5.70. The summed E-state index contributed by atoms with van der Waals surface area (Å²) in [6.07, 6.45) is 5.65. The van der Waals surface area contributed by atoms with Crippen molar-refractivity contribution in [3.63, 3.8) is 0 Å². The first-order valence-corrected chi connectivity index (χ1v) is 10.4. The van der Waals surface area contributed by atoms with Crippen molar-refractivity contribution in [2.24, 2.45) is 0 Å². The highest BCUT2D eigenvalue weighted by atomic mass is 32.1. The summed E-state index contributed by atoms with van der Waals surface area (Å²) in [5.41, 5.74) is 3.95. The molecular formula is C21H27N3OS. The fourth-order valence-electron chi connectivity index (χ4n) is 3.90. The van der Waals surface area contributed by atoms with Gasteiger partial charge in [-0.25, -0.2) is 0 Å². The van der Waals surface area contributed by atoms with Crippen LogP contribution in [0.4, 0.5) is 11.4 Å². The SMILES string of the molecule is OCCN1CCN(CCCN2c3ccccc3C=Cc3sccc32)CC1. The standard InChI is InChI=1S/C21H27N3OS/c25-16-15-23-13-11-22(12-14-23)9-3-10-24-19-5-2-1-4-18(19)6-7-21-20(24)8-17-26-21/h1-2,4-8,17,25H,3,9-16H2. The lowest BCUT2D eigenvalue weighted by Crippen LogP contribution is -2.47. The second kappa shape index (κ2) is 8.35. The first kappa shape index (κ1) is 17.7. The van der Waals surface area contributed by atoms with Crippen molar-refractivity contribution in [2.45, 2.75) is 6.42 Å². The van der Waals surface area contributed by atoms with E-state index in [-0.39, 0.29) is 6.61 Å². The third-order valence-corrected chi connectivity index (χ3v) is 6.21. The molecule has 2 aliphatic heterocycles. The zero-order valence-corrected chi connectivity index (χ0v) is 16.0. The van der Waals surface area contributed by atoms with Crippen LogP contribution in [0.25, 0.3) is 12.2 Å².